The Hall–Kier alpha value is -1.57. The van der Waals surface area contributed by atoms with E-state index in [0.717, 1.165) is 0 Å². The third-order valence-electron chi connectivity index (χ3n) is 3.26. The van der Waals surface area contributed by atoms with Crippen molar-refractivity contribution in [2.24, 2.45) is 11.8 Å². The Balaban J connectivity index is 2.22. The lowest BCUT2D eigenvalue weighted by atomic mass is 10.1. The van der Waals surface area contributed by atoms with Crippen LogP contribution in [-0.2, 0) is 9.53 Å². The number of allylic oxidation sites excluding steroid dienone is 2. The van der Waals surface area contributed by atoms with Crippen molar-refractivity contribution < 1.29 is 9.53 Å². The van der Waals surface area contributed by atoms with Gasteiger partial charge in [0.2, 0.25) is 0 Å². The summed E-state index contributed by atoms with van der Waals surface area (Å²) < 4.78 is 4.87. The maximum atomic E-state index is 11.7. The number of methoxy groups -OCH3 is 1. The van der Waals surface area contributed by atoms with E-state index in [4.69, 9.17) is 4.74 Å². The molecule has 3 atom stereocenters. The van der Waals surface area contributed by atoms with Gasteiger partial charge in [0.25, 0.3) is 0 Å². The molecule has 0 aliphatic heterocycles. The summed E-state index contributed by atoms with van der Waals surface area (Å²) in [5.74, 6) is 0.493. The van der Waals surface area contributed by atoms with E-state index in [1.165, 1.54) is 18.2 Å². The van der Waals surface area contributed by atoms with Crippen LogP contribution < -0.4 is 0 Å². The topological polar surface area (TPSA) is 26.3 Å². The number of carbonyl (C=O) groups excluding carboxylic acids is 1. The Kier molecular flexibility index (Phi) is 3.32. The Morgan fingerprint density at radius 3 is 2.41 bits per heavy atom. The largest absolute Gasteiger partial charge is 0.469 e. The van der Waals surface area contributed by atoms with E-state index in [1.54, 1.807) is 0 Å². The maximum Gasteiger partial charge on any atom is 0.309 e. The van der Waals surface area contributed by atoms with Crippen LogP contribution in [0.4, 0.5) is 0 Å². The molecule has 1 aromatic carbocycles. The van der Waals surface area contributed by atoms with Crippen LogP contribution in [0.1, 0.15) is 25.3 Å². The molecule has 2 heteroatoms. The molecule has 0 aromatic heterocycles. The summed E-state index contributed by atoms with van der Waals surface area (Å²) in [6.45, 7) is 4.13. The molecule has 0 N–H and O–H groups in total. The lowest BCUT2D eigenvalue weighted by molar-refractivity contribution is -0.142. The molecule has 1 aromatic rings. The van der Waals surface area contributed by atoms with Crippen molar-refractivity contribution in [1.82, 2.24) is 0 Å². The van der Waals surface area contributed by atoms with Crippen molar-refractivity contribution in [2.45, 2.75) is 19.8 Å². The lowest BCUT2D eigenvalue weighted by Crippen LogP contribution is -2.04. The second kappa shape index (κ2) is 4.74. The fourth-order valence-electron chi connectivity index (χ4n) is 2.47. The predicted octanol–water partition coefficient (Wildman–Crippen LogP) is 3.16. The fourth-order valence-corrected chi connectivity index (χ4v) is 2.47. The molecule has 1 saturated carbocycles. The number of esters is 1. The highest BCUT2D eigenvalue weighted by molar-refractivity contribution is 5.79. The number of ether oxygens (including phenoxy) is 1. The van der Waals surface area contributed by atoms with E-state index >= 15 is 0 Å². The molecule has 1 unspecified atom stereocenters. The summed E-state index contributed by atoms with van der Waals surface area (Å²) in [5.41, 5.74) is 2.48. The average Bonchev–Trinajstić information content (AvgIpc) is 3.02. The van der Waals surface area contributed by atoms with Crippen molar-refractivity contribution in [3.05, 3.63) is 47.5 Å². The Morgan fingerprint density at radius 2 is 1.88 bits per heavy atom. The van der Waals surface area contributed by atoms with Gasteiger partial charge in [-0.05, 0) is 25.3 Å². The average molecular weight is 230 g/mol. The molecule has 0 heterocycles. The molecule has 0 saturated heterocycles. The van der Waals surface area contributed by atoms with Crippen LogP contribution in [0.3, 0.4) is 0 Å². The second-order valence-electron chi connectivity index (χ2n) is 4.81. The summed E-state index contributed by atoms with van der Waals surface area (Å²) in [4.78, 5) is 11.7. The highest BCUT2D eigenvalue weighted by Crippen LogP contribution is 2.55. The zero-order valence-electron chi connectivity index (χ0n) is 10.5. The molecule has 0 amide bonds. The molecule has 17 heavy (non-hydrogen) atoms. The summed E-state index contributed by atoms with van der Waals surface area (Å²) in [6.07, 6.45) is 2.18. The van der Waals surface area contributed by atoms with Crippen LogP contribution in [0.25, 0.3) is 0 Å². The standard InChI is InChI=1S/C15H18O2/c1-10(2)9-12-13(14(12)15(16)17-3)11-7-5-4-6-8-11/h4-9,12-14H,1-3H3/t12-,13?,14+/m1/s1. The summed E-state index contributed by atoms with van der Waals surface area (Å²) >= 11 is 0. The maximum absolute atomic E-state index is 11.7. The molecule has 2 nitrogen and oxygen atoms in total. The van der Waals surface area contributed by atoms with E-state index < -0.39 is 0 Å². The van der Waals surface area contributed by atoms with E-state index in [-0.39, 0.29) is 11.9 Å². The molecule has 1 aliphatic carbocycles. The SMILES string of the molecule is COC(=O)[C@@H]1C(c2ccccc2)[C@H]1C=C(C)C. The smallest absolute Gasteiger partial charge is 0.309 e. The first kappa shape index (κ1) is 11.9. The van der Waals surface area contributed by atoms with Crippen molar-refractivity contribution >= 4 is 5.97 Å². The quantitative estimate of drug-likeness (QED) is 0.589. The van der Waals surface area contributed by atoms with Gasteiger partial charge in [0.1, 0.15) is 0 Å². The third kappa shape index (κ3) is 2.41. The van der Waals surface area contributed by atoms with Gasteiger partial charge < -0.3 is 4.74 Å². The van der Waals surface area contributed by atoms with Crippen LogP contribution in [0.2, 0.25) is 0 Å². The van der Waals surface area contributed by atoms with E-state index in [1.807, 2.05) is 18.2 Å². The first-order valence-corrected chi connectivity index (χ1v) is 5.93. The highest BCUT2D eigenvalue weighted by atomic mass is 16.5. The monoisotopic (exact) mass is 230 g/mol. The molecular weight excluding hydrogens is 212 g/mol. The summed E-state index contributed by atoms with van der Waals surface area (Å²) in [5, 5.41) is 0. The van der Waals surface area contributed by atoms with Gasteiger partial charge in [-0.25, -0.2) is 0 Å². The zero-order valence-corrected chi connectivity index (χ0v) is 10.5. The summed E-state index contributed by atoms with van der Waals surface area (Å²) in [7, 11) is 1.46. The molecule has 1 fully saturated rings. The van der Waals surface area contributed by atoms with Gasteiger partial charge in [-0.1, -0.05) is 42.0 Å². The molecule has 0 bridgehead atoms. The molecule has 2 rings (SSSR count). The van der Waals surface area contributed by atoms with Crippen LogP contribution >= 0.6 is 0 Å². The van der Waals surface area contributed by atoms with Crippen molar-refractivity contribution in [2.75, 3.05) is 7.11 Å². The van der Waals surface area contributed by atoms with E-state index in [9.17, 15) is 4.79 Å². The minimum atomic E-state index is -0.0960. The number of carbonyl (C=O) groups is 1. The number of hydrogen-bond acceptors (Lipinski definition) is 2. The van der Waals surface area contributed by atoms with Gasteiger partial charge in [0, 0.05) is 5.92 Å². The predicted molar refractivity (Wildman–Crippen MR) is 67.6 cm³/mol. The molecule has 90 valence electrons. The van der Waals surface area contributed by atoms with Crippen LogP contribution in [0.15, 0.2) is 42.0 Å². The number of benzene rings is 1. The fraction of sp³-hybridized carbons (Fsp3) is 0.400. The minimum Gasteiger partial charge on any atom is -0.469 e. The normalized spacial score (nSPS) is 26.2. The first-order chi connectivity index (χ1) is 8.15. The zero-order chi connectivity index (χ0) is 12.4. The van der Waals surface area contributed by atoms with Gasteiger partial charge in [0.05, 0.1) is 13.0 Å². The molecule has 0 spiro atoms. The second-order valence-corrected chi connectivity index (χ2v) is 4.81. The van der Waals surface area contributed by atoms with Gasteiger partial charge in [-0.15, -0.1) is 0 Å². The van der Waals surface area contributed by atoms with Gasteiger partial charge >= 0.3 is 5.97 Å². The number of rotatable bonds is 3. The van der Waals surface area contributed by atoms with Gasteiger partial charge in [-0.3, -0.25) is 4.79 Å². The van der Waals surface area contributed by atoms with Crippen LogP contribution in [-0.4, -0.2) is 13.1 Å². The Labute approximate surface area is 102 Å². The van der Waals surface area contributed by atoms with Crippen molar-refractivity contribution in [3.63, 3.8) is 0 Å². The van der Waals surface area contributed by atoms with Crippen LogP contribution in [0.5, 0.6) is 0 Å². The van der Waals surface area contributed by atoms with Gasteiger partial charge in [-0.2, -0.15) is 0 Å². The highest BCUT2D eigenvalue weighted by Gasteiger charge is 2.54. The molecule has 0 radical (unpaired) electrons. The first-order valence-electron chi connectivity index (χ1n) is 5.93. The van der Waals surface area contributed by atoms with E-state index in [2.05, 4.69) is 32.1 Å². The van der Waals surface area contributed by atoms with E-state index in [0.29, 0.717) is 11.8 Å². The molecular formula is C15H18O2. The van der Waals surface area contributed by atoms with Crippen LogP contribution in [0, 0.1) is 11.8 Å². The van der Waals surface area contributed by atoms with Gasteiger partial charge in [0.15, 0.2) is 0 Å². The minimum absolute atomic E-state index is 0.00250. The Bertz CT molecular complexity index is 429. The summed E-state index contributed by atoms with van der Waals surface area (Å²) in [6, 6.07) is 10.2. The van der Waals surface area contributed by atoms with Crippen molar-refractivity contribution in [3.8, 4) is 0 Å². The Morgan fingerprint density at radius 1 is 1.24 bits per heavy atom. The van der Waals surface area contributed by atoms with Crippen molar-refractivity contribution in [1.29, 1.82) is 0 Å². The molecule has 1 aliphatic rings. The third-order valence-corrected chi connectivity index (χ3v) is 3.26. The number of hydrogen-bond donors (Lipinski definition) is 0. The lowest BCUT2D eigenvalue weighted by Gasteiger charge is -1.98.